The quantitative estimate of drug-likeness (QED) is 0.750. The van der Waals surface area contributed by atoms with E-state index in [1.807, 2.05) is 11.3 Å². The standard InChI is InChI=1S/C17H31N3S/c1-5-6-10-18-12-15-16(13(2)3)19-17(21-15)20-11-8-7-9-14(20)4/h13-14,18H,5-12H2,1-4H3. The zero-order chi connectivity index (χ0) is 15.2. The topological polar surface area (TPSA) is 28.2 Å². The fourth-order valence-electron chi connectivity index (χ4n) is 2.94. The normalized spacial score (nSPS) is 19.5. The summed E-state index contributed by atoms with van der Waals surface area (Å²) in [6.07, 6.45) is 6.49. The number of hydrogen-bond donors (Lipinski definition) is 1. The van der Waals surface area contributed by atoms with Gasteiger partial charge in [0.2, 0.25) is 0 Å². The Kier molecular flexibility index (Phi) is 6.49. The van der Waals surface area contributed by atoms with Crippen LogP contribution in [0.25, 0.3) is 0 Å². The molecule has 1 fully saturated rings. The van der Waals surface area contributed by atoms with Crippen molar-refractivity contribution in [1.29, 1.82) is 0 Å². The van der Waals surface area contributed by atoms with Crippen LogP contribution in [-0.2, 0) is 6.54 Å². The van der Waals surface area contributed by atoms with E-state index in [9.17, 15) is 0 Å². The highest BCUT2D eigenvalue weighted by Crippen LogP contribution is 2.33. The SMILES string of the molecule is CCCCNCc1sc(N2CCCCC2C)nc1C(C)C. The van der Waals surface area contributed by atoms with Gasteiger partial charge in [0.1, 0.15) is 0 Å². The van der Waals surface area contributed by atoms with E-state index in [4.69, 9.17) is 4.98 Å². The molecule has 4 heteroatoms. The van der Waals surface area contributed by atoms with Crippen molar-refractivity contribution in [3.05, 3.63) is 10.6 Å². The molecule has 0 bridgehead atoms. The third kappa shape index (κ3) is 4.43. The van der Waals surface area contributed by atoms with Crippen molar-refractivity contribution < 1.29 is 0 Å². The second-order valence-corrected chi connectivity index (χ2v) is 7.59. The third-order valence-electron chi connectivity index (χ3n) is 4.30. The average Bonchev–Trinajstić information content (AvgIpc) is 2.88. The molecule has 2 heterocycles. The van der Waals surface area contributed by atoms with Gasteiger partial charge in [-0.1, -0.05) is 27.2 Å². The first-order valence-electron chi connectivity index (χ1n) is 8.60. The van der Waals surface area contributed by atoms with Crippen molar-refractivity contribution in [2.75, 3.05) is 18.0 Å². The van der Waals surface area contributed by atoms with Gasteiger partial charge in [-0.2, -0.15) is 0 Å². The number of piperidine rings is 1. The van der Waals surface area contributed by atoms with Crippen molar-refractivity contribution in [2.24, 2.45) is 0 Å². The zero-order valence-corrected chi connectivity index (χ0v) is 14.9. The highest BCUT2D eigenvalue weighted by atomic mass is 32.1. The molecule has 21 heavy (non-hydrogen) atoms. The maximum atomic E-state index is 4.99. The van der Waals surface area contributed by atoms with Gasteiger partial charge in [-0.15, -0.1) is 11.3 Å². The van der Waals surface area contributed by atoms with Crippen LogP contribution in [0.1, 0.15) is 76.3 Å². The second-order valence-electron chi connectivity index (χ2n) is 6.53. The Morgan fingerprint density at radius 1 is 1.38 bits per heavy atom. The van der Waals surface area contributed by atoms with Gasteiger partial charge in [0.25, 0.3) is 0 Å². The average molecular weight is 310 g/mol. The van der Waals surface area contributed by atoms with Gasteiger partial charge in [0, 0.05) is 24.0 Å². The number of nitrogens with zero attached hydrogens (tertiary/aromatic N) is 2. The smallest absolute Gasteiger partial charge is 0.186 e. The first-order chi connectivity index (χ1) is 10.1. The molecule has 0 amide bonds. The van der Waals surface area contributed by atoms with Gasteiger partial charge in [-0.05, 0) is 45.1 Å². The molecule has 1 unspecified atom stereocenters. The minimum Gasteiger partial charge on any atom is -0.345 e. The van der Waals surface area contributed by atoms with E-state index in [1.54, 1.807) is 0 Å². The first kappa shape index (κ1) is 16.8. The van der Waals surface area contributed by atoms with E-state index in [-0.39, 0.29) is 0 Å². The molecule has 1 saturated heterocycles. The van der Waals surface area contributed by atoms with Crippen LogP contribution in [0.3, 0.4) is 0 Å². The number of hydrogen-bond acceptors (Lipinski definition) is 4. The Labute approximate surface area is 134 Å². The van der Waals surface area contributed by atoms with Crippen LogP contribution in [0, 0.1) is 0 Å². The van der Waals surface area contributed by atoms with Crippen molar-refractivity contribution in [1.82, 2.24) is 10.3 Å². The molecule has 0 aliphatic carbocycles. The van der Waals surface area contributed by atoms with E-state index in [0.29, 0.717) is 12.0 Å². The molecule has 0 radical (unpaired) electrons. The molecule has 1 N–H and O–H groups in total. The number of unbranched alkanes of at least 4 members (excludes halogenated alkanes) is 1. The fourth-order valence-corrected chi connectivity index (χ4v) is 4.25. The van der Waals surface area contributed by atoms with E-state index >= 15 is 0 Å². The third-order valence-corrected chi connectivity index (χ3v) is 5.41. The second kappa shape index (κ2) is 8.14. The molecule has 1 atom stereocenters. The molecule has 0 spiro atoms. The van der Waals surface area contributed by atoms with Crippen LogP contribution in [0.2, 0.25) is 0 Å². The van der Waals surface area contributed by atoms with Gasteiger partial charge in [0.15, 0.2) is 5.13 Å². The highest BCUT2D eigenvalue weighted by molar-refractivity contribution is 7.15. The van der Waals surface area contributed by atoms with Crippen LogP contribution in [0.5, 0.6) is 0 Å². The van der Waals surface area contributed by atoms with E-state index in [0.717, 1.165) is 13.1 Å². The number of aromatic nitrogens is 1. The summed E-state index contributed by atoms with van der Waals surface area (Å²) in [7, 11) is 0. The number of thiazole rings is 1. The molecule has 2 rings (SSSR count). The number of anilines is 1. The molecule has 120 valence electrons. The monoisotopic (exact) mass is 309 g/mol. The summed E-state index contributed by atoms with van der Waals surface area (Å²) in [5.41, 5.74) is 1.30. The van der Waals surface area contributed by atoms with Crippen LogP contribution in [-0.4, -0.2) is 24.1 Å². The summed E-state index contributed by atoms with van der Waals surface area (Å²) in [5.74, 6) is 0.512. The van der Waals surface area contributed by atoms with Gasteiger partial charge >= 0.3 is 0 Å². The van der Waals surface area contributed by atoms with E-state index in [1.165, 1.54) is 54.4 Å². The predicted octanol–water partition coefficient (Wildman–Crippen LogP) is 4.54. The largest absolute Gasteiger partial charge is 0.345 e. The summed E-state index contributed by atoms with van der Waals surface area (Å²) in [5, 5.41) is 4.83. The molecular formula is C17H31N3S. The Morgan fingerprint density at radius 2 is 2.19 bits per heavy atom. The van der Waals surface area contributed by atoms with Crippen LogP contribution >= 0.6 is 11.3 Å². The Morgan fingerprint density at radius 3 is 2.86 bits per heavy atom. The van der Waals surface area contributed by atoms with Crippen molar-refractivity contribution in [2.45, 2.75) is 78.3 Å². The molecule has 1 aliphatic heterocycles. The van der Waals surface area contributed by atoms with E-state index < -0.39 is 0 Å². The van der Waals surface area contributed by atoms with Gasteiger partial charge in [0.05, 0.1) is 5.69 Å². The first-order valence-corrected chi connectivity index (χ1v) is 9.42. The van der Waals surface area contributed by atoms with Gasteiger partial charge < -0.3 is 10.2 Å². The molecule has 1 aliphatic rings. The maximum absolute atomic E-state index is 4.99. The van der Waals surface area contributed by atoms with Crippen LogP contribution in [0.4, 0.5) is 5.13 Å². The Bertz CT molecular complexity index is 428. The minimum atomic E-state index is 0.512. The van der Waals surface area contributed by atoms with Gasteiger partial charge in [-0.3, -0.25) is 0 Å². The molecule has 0 aromatic carbocycles. The van der Waals surface area contributed by atoms with Crippen LogP contribution in [0.15, 0.2) is 0 Å². The lowest BCUT2D eigenvalue weighted by molar-refractivity contribution is 0.483. The van der Waals surface area contributed by atoms with Crippen molar-refractivity contribution in [3.8, 4) is 0 Å². The lowest BCUT2D eigenvalue weighted by atomic mass is 10.0. The molecule has 3 nitrogen and oxygen atoms in total. The molecular weight excluding hydrogens is 278 g/mol. The summed E-state index contributed by atoms with van der Waals surface area (Å²) in [6.45, 7) is 12.4. The Hall–Kier alpha value is -0.610. The molecule has 1 aromatic heterocycles. The summed E-state index contributed by atoms with van der Waals surface area (Å²) in [4.78, 5) is 8.95. The summed E-state index contributed by atoms with van der Waals surface area (Å²) < 4.78 is 0. The lowest BCUT2D eigenvalue weighted by Gasteiger charge is -2.33. The fraction of sp³-hybridized carbons (Fsp3) is 0.824. The number of rotatable bonds is 7. The lowest BCUT2D eigenvalue weighted by Crippen LogP contribution is -2.37. The van der Waals surface area contributed by atoms with Crippen molar-refractivity contribution in [3.63, 3.8) is 0 Å². The Balaban J connectivity index is 2.08. The zero-order valence-electron chi connectivity index (χ0n) is 14.1. The maximum Gasteiger partial charge on any atom is 0.186 e. The summed E-state index contributed by atoms with van der Waals surface area (Å²) in [6, 6.07) is 0.644. The summed E-state index contributed by atoms with van der Waals surface area (Å²) >= 11 is 1.91. The highest BCUT2D eigenvalue weighted by Gasteiger charge is 2.23. The molecule has 0 saturated carbocycles. The number of nitrogens with one attached hydrogen (secondary N) is 1. The minimum absolute atomic E-state index is 0.512. The van der Waals surface area contributed by atoms with Crippen molar-refractivity contribution >= 4 is 16.5 Å². The van der Waals surface area contributed by atoms with E-state index in [2.05, 4.69) is 37.9 Å². The predicted molar refractivity (Wildman–Crippen MR) is 93.5 cm³/mol. The van der Waals surface area contributed by atoms with Gasteiger partial charge in [-0.25, -0.2) is 4.98 Å². The van der Waals surface area contributed by atoms with Crippen LogP contribution < -0.4 is 10.2 Å². The molecule has 1 aromatic rings.